The number of ketones is 1. The fourth-order valence-corrected chi connectivity index (χ4v) is 2.57. The van der Waals surface area contributed by atoms with Gasteiger partial charge in [-0.15, -0.1) is 0 Å². The van der Waals surface area contributed by atoms with Crippen LogP contribution in [0.25, 0.3) is 0 Å². The van der Waals surface area contributed by atoms with E-state index in [1.807, 2.05) is 0 Å². The minimum Gasteiger partial charge on any atom is -0.294 e. The van der Waals surface area contributed by atoms with Crippen LogP contribution in [-0.4, -0.2) is 17.6 Å². The topological polar surface area (TPSA) is 54.5 Å². The van der Waals surface area contributed by atoms with E-state index in [-0.39, 0.29) is 24.0 Å². The summed E-state index contributed by atoms with van der Waals surface area (Å²) in [5, 5.41) is 0. The molecule has 0 N–H and O–H groups in total. The number of para-hydroxylation sites is 1. The number of rotatable bonds is 2. The zero-order valence-electron chi connectivity index (χ0n) is 11.5. The van der Waals surface area contributed by atoms with E-state index in [1.54, 1.807) is 48.5 Å². The van der Waals surface area contributed by atoms with Crippen molar-refractivity contribution < 1.29 is 14.4 Å². The molecular formula is C17H13NO3. The lowest BCUT2D eigenvalue weighted by molar-refractivity contribution is -0.117. The summed E-state index contributed by atoms with van der Waals surface area (Å²) in [4.78, 5) is 37.8. The van der Waals surface area contributed by atoms with Gasteiger partial charge in [-0.1, -0.05) is 30.3 Å². The van der Waals surface area contributed by atoms with Crippen LogP contribution in [0.5, 0.6) is 0 Å². The molecule has 104 valence electrons. The predicted molar refractivity (Wildman–Crippen MR) is 78.4 cm³/mol. The molecule has 0 radical (unpaired) electrons. The van der Waals surface area contributed by atoms with Gasteiger partial charge in [-0.05, 0) is 30.7 Å². The number of fused-ring (bicyclic) bond motifs is 1. The number of anilines is 1. The van der Waals surface area contributed by atoms with Gasteiger partial charge in [0.05, 0.1) is 12.1 Å². The Kier molecular flexibility index (Phi) is 3.14. The Bertz CT molecular complexity index is 764. The summed E-state index contributed by atoms with van der Waals surface area (Å²) >= 11 is 0. The highest BCUT2D eigenvalue weighted by molar-refractivity contribution is 6.26. The number of amides is 2. The van der Waals surface area contributed by atoms with Crippen LogP contribution in [-0.2, 0) is 11.2 Å². The number of hydrogen-bond acceptors (Lipinski definition) is 3. The number of nitrogens with zero attached hydrogens (tertiary/aromatic N) is 1. The van der Waals surface area contributed by atoms with Gasteiger partial charge in [0.1, 0.15) is 0 Å². The van der Waals surface area contributed by atoms with Crippen molar-refractivity contribution in [3.05, 3.63) is 65.2 Å². The van der Waals surface area contributed by atoms with Crippen LogP contribution in [0.1, 0.15) is 33.2 Å². The summed E-state index contributed by atoms with van der Waals surface area (Å²) in [6.45, 7) is 1.42. The van der Waals surface area contributed by atoms with Crippen LogP contribution >= 0.6 is 0 Å². The highest BCUT2D eigenvalue weighted by Crippen LogP contribution is 2.28. The summed E-state index contributed by atoms with van der Waals surface area (Å²) < 4.78 is 0. The fraction of sp³-hybridized carbons (Fsp3) is 0.118. The second kappa shape index (κ2) is 4.98. The highest BCUT2D eigenvalue weighted by atomic mass is 16.2. The summed E-state index contributed by atoms with van der Waals surface area (Å²) in [7, 11) is 0. The first kappa shape index (κ1) is 13.2. The number of carbonyl (C=O) groups excluding carboxylic acids is 3. The van der Waals surface area contributed by atoms with Crippen molar-refractivity contribution in [1.29, 1.82) is 0 Å². The van der Waals surface area contributed by atoms with E-state index in [1.165, 1.54) is 6.92 Å². The first-order chi connectivity index (χ1) is 10.1. The van der Waals surface area contributed by atoms with Crippen molar-refractivity contribution in [3.63, 3.8) is 0 Å². The van der Waals surface area contributed by atoms with Gasteiger partial charge >= 0.3 is 0 Å². The average Bonchev–Trinajstić information content (AvgIpc) is 2.47. The minimum absolute atomic E-state index is 0.161. The molecule has 4 nitrogen and oxygen atoms in total. The Morgan fingerprint density at radius 2 is 1.67 bits per heavy atom. The van der Waals surface area contributed by atoms with E-state index in [0.29, 0.717) is 16.8 Å². The van der Waals surface area contributed by atoms with E-state index >= 15 is 0 Å². The Balaban J connectivity index is 2.14. The molecule has 3 rings (SSSR count). The molecule has 4 heteroatoms. The van der Waals surface area contributed by atoms with Crippen molar-refractivity contribution in [2.45, 2.75) is 13.3 Å². The molecule has 0 aliphatic carbocycles. The van der Waals surface area contributed by atoms with Gasteiger partial charge in [0.2, 0.25) is 5.91 Å². The fourth-order valence-electron chi connectivity index (χ4n) is 2.57. The molecule has 0 aromatic heterocycles. The highest BCUT2D eigenvalue weighted by Gasteiger charge is 2.33. The summed E-state index contributed by atoms with van der Waals surface area (Å²) in [6, 6.07) is 13.7. The summed E-state index contributed by atoms with van der Waals surface area (Å²) in [6.07, 6.45) is 0.161. The molecule has 0 spiro atoms. The van der Waals surface area contributed by atoms with Crippen LogP contribution in [0.15, 0.2) is 48.5 Å². The van der Waals surface area contributed by atoms with Crippen LogP contribution in [0, 0.1) is 0 Å². The lowest BCUT2D eigenvalue weighted by Gasteiger charge is -2.28. The first-order valence-corrected chi connectivity index (χ1v) is 6.65. The molecule has 0 fully saturated rings. The van der Waals surface area contributed by atoms with E-state index < -0.39 is 0 Å². The van der Waals surface area contributed by atoms with Gasteiger partial charge in [-0.3, -0.25) is 14.4 Å². The normalized spacial score (nSPS) is 14.0. The van der Waals surface area contributed by atoms with Crippen molar-refractivity contribution in [3.8, 4) is 0 Å². The molecule has 0 saturated carbocycles. The number of hydrogen-bond donors (Lipinski definition) is 0. The lowest BCUT2D eigenvalue weighted by Crippen LogP contribution is -2.43. The standard InChI is InChI=1S/C17H13NO3/c1-11(19)13-7-4-5-9-15(13)18-16(20)10-12-6-2-3-8-14(12)17(18)21/h2-9H,10H2,1H3. The van der Waals surface area contributed by atoms with Crippen molar-refractivity contribution >= 4 is 23.3 Å². The molecule has 0 bridgehead atoms. The molecule has 2 amide bonds. The van der Waals surface area contributed by atoms with Gasteiger partial charge in [-0.2, -0.15) is 0 Å². The second-order valence-electron chi connectivity index (χ2n) is 4.94. The first-order valence-electron chi connectivity index (χ1n) is 6.65. The van der Waals surface area contributed by atoms with Gasteiger partial charge < -0.3 is 0 Å². The molecule has 0 saturated heterocycles. The van der Waals surface area contributed by atoms with Gasteiger partial charge in [0.15, 0.2) is 5.78 Å². The third-order valence-electron chi connectivity index (χ3n) is 3.57. The van der Waals surface area contributed by atoms with E-state index in [4.69, 9.17) is 0 Å². The smallest absolute Gasteiger partial charge is 0.265 e. The minimum atomic E-state index is -0.379. The Morgan fingerprint density at radius 3 is 2.43 bits per heavy atom. The molecule has 1 heterocycles. The number of benzene rings is 2. The third kappa shape index (κ3) is 2.14. The lowest BCUT2D eigenvalue weighted by atomic mass is 9.97. The molecular weight excluding hydrogens is 266 g/mol. The number of Topliss-reactive ketones (excluding diaryl/α,β-unsaturated/α-hetero) is 1. The number of carbonyl (C=O) groups is 3. The maximum absolute atomic E-state index is 12.6. The van der Waals surface area contributed by atoms with Crippen LogP contribution in [0.4, 0.5) is 5.69 Å². The molecule has 0 atom stereocenters. The Hall–Kier alpha value is -2.75. The molecule has 1 aliphatic rings. The van der Waals surface area contributed by atoms with Crippen LogP contribution in [0.3, 0.4) is 0 Å². The van der Waals surface area contributed by atoms with Crippen LogP contribution in [0.2, 0.25) is 0 Å². The second-order valence-corrected chi connectivity index (χ2v) is 4.94. The molecule has 2 aromatic carbocycles. The molecule has 2 aromatic rings. The van der Waals surface area contributed by atoms with E-state index in [0.717, 1.165) is 10.5 Å². The zero-order chi connectivity index (χ0) is 15.0. The van der Waals surface area contributed by atoms with E-state index in [9.17, 15) is 14.4 Å². The zero-order valence-corrected chi connectivity index (χ0v) is 11.5. The van der Waals surface area contributed by atoms with Gasteiger partial charge in [0.25, 0.3) is 5.91 Å². The monoisotopic (exact) mass is 279 g/mol. The Labute approximate surface area is 122 Å². The largest absolute Gasteiger partial charge is 0.294 e. The number of imide groups is 1. The molecule has 21 heavy (non-hydrogen) atoms. The SMILES string of the molecule is CC(=O)c1ccccc1N1C(=O)Cc2ccccc2C1=O. The maximum Gasteiger partial charge on any atom is 0.265 e. The molecule has 1 aliphatic heterocycles. The summed E-state index contributed by atoms with van der Waals surface area (Å²) in [5.41, 5.74) is 1.97. The van der Waals surface area contributed by atoms with Crippen molar-refractivity contribution in [2.75, 3.05) is 4.90 Å². The van der Waals surface area contributed by atoms with Gasteiger partial charge in [-0.25, -0.2) is 4.90 Å². The van der Waals surface area contributed by atoms with E-state index in [2.05, 4.69) is 0 Å². The van der Waals surface area contributed by atoms with Crippen molar-refractivity contribution in [2.24, 2.45) is 0 Å². The quantitative estimate of drug-likeness (QED) is 0.627. The molecule has 0 unspecified atom stereocenters. The third-order valence-corrected chi connectivity index (χ3v) is 3.57. The maximum atomic E-state index is 12.6. The summed E-state index contributed by atoms with van der Waals surface area (Å²) in [5.74, 6) is -0.868. The van der Waals surface area contributed by atoms with Crippen LogP contribution < -0.4 is 4.90 Å². The van der Waals surface area contributed by atoms with Crippen molar-refractivity contribution in [1.82, 2.24) is 0 Å². The Morgan fingerprint density at radius 1 is 1.00 bits per heavy atom. The average molecular weight is 279 g/mol. The predicted octanol–water partition coefficient (Wildman–Crippen LogP) is 2.62. The van der Waals surface area contributed by atoms with Gasteiger partial charge in [0, 0.05) is 11.1 Å².